The van der Waals surface area contributed by atoms with Crippen LogP contribution in [0.15, 0.2) is 0 Å². The van der Waals surface area contributed by atoms with E-state index < -0.39 is 0 Å². The minimum absolute atomic E-state index is 0. The second kappa shape index (κ2) is 6.38. The summed E-state index contributed by atoms with van der Waals surface area (Å²) in [4.78, 5) is 27.5. The topological polar surface area (TPSA) is 52.7 Å². The van der Waals surface area contributed by atoms with E-state index in [2.05, 4.69) is 5.32 Å². The van der Waals surface area contributed by atoms with Gasteiger partial charge in [-0.3, -0.25) is 9.59 Å². The van der Waals surface area contributed by atoms with E-state index >= 15 is 0 Å². The van der Waals surface area contributed by atoms with E-state index in [0.29, 0.717) is 26.2 Å². The Morgan fingerprint density at radius 2 is 1.56 bits per heavy atom. The van der Waals surface area contributed by atoms with Crippen LogP contribution in [0.4, 0.5) is 0 Å². The number of hydrogen-bond donors (Lipinski definition) is 1. The fraction of sp³-hybridized carbons (Fsp3) is 0.833. The normalized spacial score (nSPS) is 20.4. The van der Waals surface area contributed by atoms with Crippen LogP contribution in [-0.4, -0.2) is 60.9 Å². The highest BCUT2D eigenvalue weighted by Gasteiger charge is 2.32. The molecule has 0 bridgehead atoms. The molecule has 0 aromatic rings. The average molecular weight is 276 g/mol. The van der Waals surface area contributed by atoms with Crippen molar-refractivity contribution in [2.45, 2.75) is 13.8 Å². The zero-order chi connectivity index (χ0) is 12.4. The third-order valence-corrected chi connectivity index (χ3v) is 3.53. The lowest BCUT2D eigenvalue weighted by atomic mass is 10.0. The number of carbonyl (C=O) groups is 2. The summed E-state index contributed by atoms with van der Waals surface area (Å²) < 4.78 is 0. The van der Waals surface area contributed by atoms with E-state index in [1.165, 1.54) is 0 Å². The zero-order valence-electron chi connectivity index (χ0n) is 11.0. The largest absolute Gasteiger partial charge is 0.339 e. The van der Waals surface area contributed by atoms with E-state index in [9.17, 15) is 9.59 Å². The van der Waals surface area contributed by atoms with Crippen molar-refractivity contribution < 1.29 is 9.59 Å². The van der Waals surface area contributed by atoms with Crippen molar-refractivity contribution in [1.29, 1.82) is 0 Å². The molecular formula is C12H22ClN3O2. The van der Waals surface area contributed by atoms with Crippen LogP contribution in [0.1, 0.15) is 13.8 Å². The van der Waals surface area contributed by atoms with Crippen LogP contribution in [0.25, 0.3) is 0 Å². The summed E-state index contributed by atoms with van der Waals surface area (Å²) in [6, 6.07) is 0. The van der Waals surface area contributed by atoms with Gasteiger partial charge in [-0.05, 0) is 0 Å². The van der Waals surface area contributed by atoms with Crippen molar-refractivity contribution in [1.82, 2.24) is 15.1 Å². The van der Waals surface area contributed by atoms with Crippen LogP contribution in [0.3, 0.4) is 0 Å². The van der Waals surface area contributed by atoms with Crippen molar-refractivity contribution in [2.75, 3.05) is 39.3 Å². The Kier molecular flexibility index (Phi) is 5.41. The number of nitrogens with zero attached hydrogens (tertiary/aromatic N) is 2. The lowest BCUT2D eigenvalue weighted by Crippen LogP contribution is -2.57. The molecule has 1 N–H and O–H groups in total. The molecule has 2 amide bonds. The van der Waals surface area contributed by atoms with Gasteiger partial charge in [-0.2, -0.15) is 0 Å². The lowest BCUT2D eigenvalue weighted by Gasteiger charge is -2.39. The molecule has 5 nitrogen and oxygen atoms in total. The predicted molar refractivity (Wildman–Crippen MR) is 71.6 cm³/mol. The molecule has 2 saturated heterocycles. The summed E-state index contributed by atoms with van der Waals surface area (Å²) in [6.07, 6.45) is 0. The monoisotopic (exact) mass is 275 g/mol. The van der Waals surface area contributed by atoms with E-state index in [-0.39, 0.29) is 36.1 Å². The molecule has 18 heavy (non-hydrogen) atoms. The minimum Gasteiger partial charge on any atom is -0.339 e. The molecule has 0 spiro atoms. The van der Waals surface area contributed by atoms with Gasteiger partial charge in [0.25, 0.3) is 0 Å². The zero-order valence-corrected chi connectivity index (χ0v) is 11.8. The summed E-state index contributed by atoms with van der Waals surface area (Å²) in [6.45, 7) is 8.20. The van der Waals surface area contributed by atoms with E-state index in [1.807, 2.05) is 23.6 Å². The standard InChI is InChI=1S/C12H21N3O2.ClH/c1-9(2)11(16)14-3-5-15(6-4-14)12(17)10-7-13-8-10;/h9-10,13H,3-8H2,1-2H3;1H. The Bertz CT molecular complexity index is 310. The van der Waals surface area contributed by atoms with Crippen LogP contribution in [-0.2, 0) is 9.59 Å². The molecule has 0 aromatic carbocycles. The Hall–Kier alpha value is -0.810. The number of piperazine rings is 1. The summed E-state index contributed by atoms with van der Waals surface area (Å²) in [5.41, 5.74) is 0. The van der Waals surface area contributed by atoms with Gasteiger partial charge in [-0.15, -0.1) is 12.4 Å². The minimum atomic E-state index is 0. The Labute approximate surface area is 114 Å². The maximum Gasteiger partial charge on any atom is 0.228 e. The summed E-state index contributed by atoms with van der Waals surface area (Å²) >= 11 is 0. The number of carbonyl (C=O) groups excluding carboxylic acids is 2. The Balaban J connectivity index is 0.00000162. The van der Waals surface area contributed by atoms with Crippen molar-refractivity contribution in [3.05, 3.63) is 0 Å². The van der Waals surface area contributed by atoms with Gasteiger partial charge in [0, 0.05) is 45.2 Å². The summed E-state index contributed by atoms with van der Waals surface area (Å²) in [5, 5.41) is 3.11. The molecule has 2 fully saturated rings. The molecule has 2 heterocycles. The lowest BCUT2D eigenvalue weighted by molar-refractivity contribution is -0.144. The second-order valence-electron chi connectivity index (χ2n) is 5.16. The van der Waals surface area contributed by atoms with Crippen molar-refractivity contribution >= 4 is 24.2 Å². The summed E-state index contributed by atoms with van der Waals surface area (Å²) in [5.74, 6) is 0.665. The molecule has 0 radical (unpaired) electrons. The highest BCUT2D eigenvalue weighted by molar-refractivity contribution is 5.85. The van der Waals surface area contributed by atoms with Crippen molar-refractivity contribution in [2.24, 2.45) is 11.8 Å². The van der Waals surface area contributed by atoms with Crippen molar-refractivity contribution in [3.8, 4) is 0 Å². The Morgan fingerprint density at radius 1 is 1.06 bits per heavy atom. The third-order valence-electron chi connectivity index (χ3n) is 3.53. The number of rotatable bonds is 2. The number of hydrogen-bond acceptors (Lipinski definition) is 3. The maximum atomic E-state index is 12.0. The fourth-order valence-electron chi connectivity index (χ4n) is 2.23. The molecule has 104 valence electrons. The van der Waals surface area contributed by atoms with Gasteiger partial charge in [0.15, 0.2) is 0 Å². The molecule has 0 atom stereocenters. The average Bonchev–Trinajstić information content (AvgIpc) is 2.25. The first-order valence-electron chi connectivity index (χ1n) is 6.38. The second-order valence-corrected chi connectivity index (χ2v) is 5.16. The number of nitrogens with one attached hydrogen (secondary N) is 1. The van der Waals surface area contributed by atoms with E-state index in [4.69, 9.17) is 0 Å². The molecular weight excluding hydrogens is 254 g/mol. The maximum absolute atomic E-state index is 12.0. The summed E-state index contributed by atoms with van der Waals surface area (Å²) in [7, 11) is 0. The van der Waals surface area contributed by atoms with Crippen LogP contribution in [0, 0.1) is 11.8 Å². The molecule has 0 aromatic heterocycles. The third kappa shape index (κ3) is 3.14. The van der Waals surface area contributed by atoms with Gasteiger partial charge in [-0.25, -0.2) is 0 Å². The van der Waals surface area contributed by atoms with Gasteiger partial charge in [0.1, 0.15) is 0 Å². The first-order chi connectivity index (χ1) is 8.09. The van der Waals surface area contributed by atoms with Gasteiger partial charge >= 0.3 is 0 Å². The predicted octanol–water partition coefficient (Wildman–Crippen LogP) is -0.0456. The number of halogens is 1. The highest BCUT2D eigenvalue weighted by Crippen LogP contribution is 2.12. The van der Waals surface area contributed by atoms with Crippen LogP contribution in [0.2, 0.25) is 0 Å². The van der Waals surface area contributed by atoms with Gasteiger partial charge < -0.3 is 15.1 Å². The molecule has 2 rings (SSSR count). The van der Waals surface area contributed by atoms with E-state index in [0.717, 1.165) is 13.1 Å². The first-order valence-corrected chi connectivity index (χ1v) is 6.38. The highest BCUT2D eigenvalue weighted by atomic mass is 35.5. The fourth-order valence-corrected chi connectivity index (χ4v) is 2.23. The molecule has 2 aliphatic rings. The Morgan fingerprint density at radius 3 is 1.94 bits per heavy atom. The number of amides is 2. The van der Waals surface area contributed by atoms with Crippen LogP contribution < -0.4 is 5.32 Å². The molecule has 0 unspecified atom stereocenters. The molecule has 0 saturated carbocycles. The molecule has 0 aliphatic carbocycles. The van der Waals surface area contributed by atoms with Crippen LogP contribution in [0.5, 0.6) is 0 Å². The molecule has 6 heteroatoms. The van der Waals surface area contributed by atoms with Gasteiger partial charge in [0.05, 0.1) is 5.92 Å². The van der Waals surface area contributed by atoms with E-state index in [1.54, 1.807) is 0 Å². The van der Waals surface area contributed by atoms with Gasteiger partial charge in [-0.1, -0.05) is 13.8 Å². The first kappa shape index (κ1) is 15.2. The SMILES string of the molecule is CC(C)C(=O)N1CCN(C(=O)C2CNC2)CC1.Cl. The smallest absolute Gasteiger partial charge is 0.228 e. The van der Waals surface area contributed by atoms with Crippen LogP contribution >= 0.6 is 12.4 Å². The van der Waals surface area contributed by atoms with Crippen molar-refractivity contribution in [3.63, 3.8) is 0 Å². The van der Waals surface area contributed by atoms with Gasteiger partial charge in [0.2, 0.25) is 11.8 Å². The quantitative estimate of drug-likeness (QED) is 0.769. The molecule has 2 aliphatic heterocycles.